The summed E-state index contributed by atoms with van der Waals surface area (Å²) < 4.78 is 13.0. The van der Waals surface area contributed by atoms with E-state index >= 15 is 0 Å². The number of benzene rings is 1. The van der Waals surface area contributed by atoms with E-state index in [0.717, 1.165) is 5.56 Å². The molecule has 2 aliphatic rings. The van der Waals surface area contributed by atoms with E-state index < -0.39 is 5.91 Å². The van der Waals surface area contributed by atoms with Gasteiger partial charge in [-0.1, -0.05) is 12.1 Å². The molecule has 122 valence electrons. The third-order valence-corrected chi connectivity index (χ3v) is 4.50. The second-order valence-corrected chi connectivity index (χ2v) is 6.17. The van der Waals surface area contributed by atoms with Gasteiger partial charge < -0.3 is 0 Å². The first-order chi connectivity index (χ1) is 12.1. The minimum atomic E-state index is -0.518. The number of amidine groups is 2. The molecule has 4 rings (SSSR count). The van der Waals surface area contributed by atoms with Gasteiger partial charge in [-0.15, -0.1) is 0 Å². The van der Waals surface area contributed by atoms with Crippen LogP contribution in [0.4, 0.5) is 4.39 Å². The van der Waals surface area contributed by atoms with Crippen molar-refractivity contribution < 1.29 is 9.18 Å². The molecule has 0 fully saturated rings. The molecule has 0 unspecified atom stereocenters. The van der Waals surface area contributed by atoms with Gasteiger partial charge in [0.25, 0.3) is 5.91 Å². The normalized spacial score (nSPS) is 18.3. The highest BCUT2D eigenvalue weighted by Crippen LogP contribution is 2.30. The number of halogens is 1. The Morgan fingerprint density at radius 3 is 2.72 bits per heavy atom. The predicted octanol–water partition coefficient (Wildman–Crippen LogP) is 2.89. The summed E-state index contributed by atoms with van der Waals surface area (Å²) in [7, 11) is 0. The van der Waals surface area contributed by atoms with Gasteiger partial charge in [0.15, 0.2) is 5.84 Å². The lowest BCUT2D eigenvalue weighted by Crippen LogP contribution is -2.35. The number of carbonyl (C=O) groups is 1. The third-order valence-electron chi connectivity index (χ3n) is 3.54. The lowest BCUT2D eigenvalue weighted by atomic mass is 10.1. The molecule has 3 heterocycles. The fraction of sp³-hybridized carbons (Fsp3) is 0. The van der Waals surface area contributed by atoms with Crippen molar-refractivity contribution >= 4 is 39.8 Å². The van der Waals surface area contributed by atoms with Crippen LogP contribution in [0.2, 0.25) is 0 Å². The first kappa shape index (κ1) is 15.4. The maximum absolute atomic E-state index is 13.0. The van der Waals surface area contributed by atoms with Crippen molar-refractivity contribution in [2.45, 2.75) is 0 Å². The molecule has 0 bridgehead atoms. The number of aliphatic imine (C=N–C) groups is 1. The number of hydrogen-bond donors (Lipinski definition) is 1. The molecule has 0 saturated heterocycles. The number of pyridine rings is 1. The SMILES string of the molecule is N=C1C(=Cc2ccc(F)cc2)C(=O)N=C2SC(c3cccnc3)=NN12. The average molecular weight is 351 g/mol. The zero-order valence-corrected chi connectivity index (χ0v) is 13.5. The van der Waals surface area contributed by atoms with Crippen LogP contribution in [0.1, 0.15) is 11.1 Å². The summed E-state index contributed by atoms with van der Waals surface area (Å²) in [6.07, 6.45) is 4.82. The quantitative estimate of drug-likeness (QED) is 0.844. The second-order valence-electron chi connectivity index (χ2n) is 5.22. The molecule has 1 amide bonds. The van der Waals surface area contributed by atoms with E-state index in [1.807, 2.05) is 6.07 Å². The van der Waals surface area contributed by atoms with Crippen LogP contribution in [-0.4, -0.2) is 31.9 Å². The largest absolute Gasteiger partial charge is 0.283 e. The minimum Gasteiger partial charge on any atom is -0.282 e. The Hall–Kier alpha value is -3.13. The number of aromatic nitrogens is 1. The number of rotatable bonds is 2. The van der Waals surface area contributed by atoms with E-state index in [1.54, 1.807) is 18.5 Å². The minimum absolute atomic E-state index is 0.0642. The molecule has 2 aliphatic heterocycles. The van der Waals surface area contributed by atoms with E-state index in [1.165, 1.54) is 47.1 Å². The van der Waals surface area contributed by atoms with Crippen molar-refractivity contribution in [3.8, 4) is 0 Å². The predicted molar refractivity (Wildman–Crippen MR) is 94.7 cm³/mol. The number of amides is 1. The highest BCUT2D eigenvalue weighted by atomic mass is 32.2. The Labute approximate surface area is 146 Å². The Kier molecular flexibility index (Phi) is 3.73. The van der Waals surface area contributed by atoms with Crippen LogP contribution in [0.25, 0.3) is 6.08 Å². The molecule has 25 heavy (non-hydrogen) atoms. The number of nitrogens with zero attached hydrogens (tertiary/aromatic N) is 4. The lowest BCUT2D eigenvalue weighted by Gasteiger charge is -2.20. The summed E-state index contributed by atoms with van der Waals surface area (Å²) in [5.74, 6) is -0.949. The van der Waals surface area contributed by atoms with Gasteiger partial charge in [0.05, 0.1) is 5.57 Å². The number of fused-ring (bicyclic) bond motifs is 1. The summed E-state index contributed by atoms with van der Waals surface area (Å²) in [4.78, 5) is 20.3. The third kappa shape index (κ3) is 2.87. The molecule has 0 aliphatic carbocycles. The van der Waals surface area contributed by atoms with E-state index in [0.29, 0.717) is 15.8 Å². The molecule has 0 spiro atoms. The molecule has 0 radical (unpaired) electrons. The summed E-state index contributed by atoms with van der Waals surface area (Å²) >= 11 is 1.21. The zero-order chi connectivity index (χ0) is 17.4. The second kappa shape index (κ2) is 6.06. The lowest BCUT2D eigenvalue weighted by molar-refractivity contribution is -0.114. The Morgan fingerprint density at radius 2 is 2.00 bits per heavy atom. The molecule has 1 N–H and O–H groups in total. The van der Waals surface area contributed by atoms with Crippen LogP contribution < -0.4 is 0 Å². The van der Waals surface area contributed by atoms with Gasteiger partial charge in [0.1, 0.15) is 10.9 Å². The smallest absolute Gasteiger partial charge is 0.282 e. The molecule has 8 heteroatoms. The van der Waals surface area contributed by atoms with Crippen LogP contribution in [0.15, 0.2) is 64.5 Å². The maximum atomic E-state index is 13.0. The van der Waals surface area contributed by atoms with Crippen molar-refractivity contribution in [2.75, 3.05) is 0 Å². The summed E-state index contributed by atoms with van der Waals surface area (Å²) in [5.41, 5.74) is 1.50. The van der Waals surface area contributed by atoms with Crippen LogP contribution >= 0.6 is 11.8 Å². The van der Waals surface area contributed by atoms with Gasteiger partial charge in [-0.05, 0) is 47.7 Å². The number of nitrogens with one attached hydrogen (secondary N) is 1. The molecule has 1 aromatic carbocycles. The van der Waals surface area contributed by atoms with Crippen molar-refractivity contribution in [2.24, 2.45) is 10.1 Å². The van der Waals surface area contributed by atoms with Gasteiger partial charge >= 0.3 is 0 Å². The van der Waals surface area contributed by atoms with Gasteiger partial charge in [0.2, 0.25) is 5.17 Å². The van der Waals surface area contributed by atoms with Gasteiger partial charge in [0, 0.05) is 18.0 Å². The van der Waals surface area contributed by atoms with Crippen molar-refractivity contribution in [3.05, 3.63) is 71.3 Å². The maximum Gasteiger partial charge on any atom is 0.283 e. The Balaban J connectivity index is 1.69. The van der Waals surface area contributed by atoms with Crippen LogP contribution in [-0.2, 0) is 4.79 Å². The van der Waals surface area contributed by atoms with Crippen molar-refractivity contribution in [1.82, 2.24) is 9.99 Å². The van der Waals surface area contributed by atoms with Gasteiger partial charge in [-0.3, -0.25) is 15.2 Å². The molecule has 2 aromatic rings. The molecular weight excluding hydrogens is 341 g/mol. The first-order valence-electron chi connectivity index (χ1n) is 7.28. The Morgan fingerprint density at radius 1 is 1.20 bits per heavy atom. The van der Waals surface area contributed by atoms with Gasteiger partial charge in [-0.2, -0.15) is 15.1 Å². The van der Waals surface area contributed by atoms with Gasteiger partial charge in [-0.25, -0.2) is 4.39 Å². The van der Waals surface area contributed by atoms with Crippen LogP contribution in [0.5, 0.6) is 0 Å². The number of hydrogen-bond acceptors (Lipinski definition) is 5. The van der Waals surface area contributed by atoms with Crippen molar-refractivity contribution in [3.63, 3.8) is 0 Å². The van der Waals surface area contributed by atoms with E-state index in [2.05, 4.69) is 15.1 Å². The molecule has 6 nitrogen and oxygen atoms in total. The fourth-order valence-electron chi connectivity index (χ4n) is 2.32. The average Bonchev–Trinajstić information content (AvgIpc) is 3.05. The number of hydrazone groups is 1. The zero-order valence-electron chi connectivity index (χ0n) is 12.7. The molecule has 0 saturated carbocycles. The highest BCUT2D eigenvalue weighted by Gasteiger charge is 2.36. The Bertz CT molecular complexity index is 966. The van der Waals surface area contributed by atoms with E-state index in [-0.39, 0.29) is 17.2 Å². The fourth-order valence-corrected chi connectivity index (χ4v) is 3.20. The van der Waals surface area contributed by atoms with Crippen molar-refractivity contribution in [1.29, 1.82) is 5.41 Å². The van der Waals surface area contributed by atoms with Crippen LogP contribution in [0.3, 0.4) is 0 Å². The standard InChI is InChI=1S/C17H10FN5OS/c18-12-5-3-10(4-6-12)8-13-14(19)23-17(21-15(13)24)25-16(22-23)11-2-1-7-20-9-11/h1-9,19H. The molecule has 0 atom stereocenters. The van der Waals surface area contributed by atoms with E-state index in [9.17, 15) is 9.18 Å². The van der Waals surface area contributed by atoms with E-state index in [4.69, 9.17) is 5.41 Å². The number of thioether (sulfide) groups is 1. The summed E-state index contributed by atoms with van der Waals surface area (Å²) in [5, 5.41) is 14.9. The molecule has 1 aromatic heterocycles. The number of carbonyl (C=O) groups excluding carboxylic acids is 1. The monoisotopic (exact) mass is 351 g/mol. The molecular formula is C17H10FN5OS. The highest BCUT2D eigenvalue weighted by molar-refractivity contribution is 8.27. The summed E-state index contributed by atoms with van der Waals surface area (Å²) in [6, 6.07) is 9.29. The first-order valence-corrected chi connectivity index (χ1v) is 8.10. The van der Waals surface area contributed by atoms with Crippen LogP contribution in [0, 0.1) is 11.2 Å². The summed E-state index contributed by atoms with van der Waals surface area (Å²) in [6.45, 7) is 0. The topological polar surface area (TPSA) is 81.8 Å².